The Labute approximate surface area is 192 Å². The molecule has 0 spiro atoms. The molecule has 0 aliphatic heterocycles. The van der Waals surface area contributed by atoms with E-state index in [1.165, 1.54) is 5.56 Å². The van der Waals surface area contributed by atoms with Gasteiger partial charge in [0, 0.05) is 35.1 Å². The van der Waals surface area contributed by atoms with Gasteiger partial charge in [-0.05, 0) is 60.9 Å². The Morgan fingerprint density at radius 1 is 0.875 bits per heavy atom. The highest BCUT2D eigenvalue weighted by Crippen LogP contribution is 2.22. The standard InChI is InChI=1S/C26H22ClN3O2/c1-18-2-6-20(7-3-18)22-16-29-26(30-17-22)32-24-12-8-21(9-13-24)25(31)28-15-14-19-4-10-23(27)11-5-19/h2-13,16-17H,14-15H2,1H3,(H,28,31). The van der Waals surface area contributed by atoms with Crippen LogP contribution in [-0.4, -0.2) is 22.4 Å². The molecule has 0 saturated carbocycles. The monoisotopic (exact) mass is 443 g/mol. The second kappa shape index (κ2) is 10.1. The number of ether oxygens (including phenoxy) is 1. The van der Waals surface area contributed by atoms with Crippen LogP contribution in [0.1, 0.15) is 21.5 Å². The van der Waals surface area contributed by atoms with Crippen molar-refractivity contribution in [1.29, 1.82) is 0 Å². The van der Waals surface area contributed by atoms with Crippen molar-refractivity contribution in [2.24, 2.45) is 0 Å². The molecule has 3 aromatic carbocycles. The zero-order chi connectivity index (χ0) is 22.3. The van der Waals surface area contributed by atoms with E-state index in [-0.39, 0.29) is 11.9 Å². The van der Waals surface area contributed by atoms with Crippen LogP contribution in [0, 0.1) is 6.92 Å². The second-order valence-corrected chi connectivity index (χ2v) is 7.82. The minimum atomic E-state index is -0.135. The molecule has 0 fully saturated rings. The van der Waals surface area contributed by atoms with Gasteiger partial charge >= 0.3 is 6.01 Å². The molecule has 0 atom stereocenters. The molecule has 32 heavy (non-hydrogen) atoms. The van der Waals surface area contributed by atoms with Crippen molar-refractivity contribution in [1.82, 2.24) is 15.3 Å². The Bertz CT molecular complexity index is 1170. The summed E-state index contributed by atoms with van der Waals surface area (Å²) in [6.45, 7) is 2.59. The zero-order valence-corrected chi connectivity index (χ0v) is 18.3. The average Bonchev–Trinajstić information content (AvgIpc) is 2.82. The van der Waals surface area contributed by atoms with Crippen molar-refractivity contribution in [3.05, 3.63) is 107 Å². The van der Waals surface area contributed by atoms with Gasteiger partial charge in [-0.2, -0.15) is 0 Å². The van der Waals surface area contributed by atoms with Gasteiger partial charge in [0.1, 0.15) is 5.75 Å². The van der Waals surface area contributed by atoms with Crippen molar-refractivity contribution in [2.75, 3.05) is 6.54 Å². The van der Waals surface area contributed by atoms with Gasteiger partial charge in [0.25, 0.3) is 5.91 Å². The van der Waals surface area contributed by atoms with E-state index in [4.69, 9.17) is 16.3 Å². The zero-order valence-electron chi connectivity index (χ0n) is 17.6. The number of hydrogen-bond acceptors (Lipinski definition) is 4. The minimum absolute atomic E-state index is 0.135. The highest BCUT2D eigenvalue weighted by molar-refractivity contribution is 6.30. The Hall–Kier alpha value is -3.70. The topological polar surface area (TPSA) is 64.1 Å². The first kappa shape index (κ1) is 21.5. The summed E-state index contributed by atoms with van der Waals surface area (Å²) in [5, 5.41) is 3.62. The lowest BCUT2D eigenvalue weighted by molar-refractivity contribution is 0.0954. The number of nitrogens with zero attached hydrogens (tertiary/aromatic N) is 2. The Balaban J connectivity index is 1.30. The Morgan fingerprint density at radius 2 is 1.53 bits per heavy atom. The third kappa shape index (κ3) is 5.71. The first-order chi connectivity index (χ1) is 15.6. The summed E-state index contributed by atoms with van der Waals surface area (Å²) in [5.74, 6) is 0.426. The summed E-state index contributed by atoms with van der Waals surface area (Å²) in [7, 11) is 0. The van der Waals surface area contributed by atoms with Crippen LogP contribution in [0.3, 0.4) is 0 Å². The van der Waals surface area contributed by atoms with E-state index < -0.39 is 0 Å². The molecule has 4 aromatic rings. The van der Waals surface area contributed by atoms with Crippen molar-refractivity contribution in [3.63, 3.8) is 0 Å². The third-order valence-corrected chi connectivity index (χ3v) is 5.20. The highest BCUT2D eigenvalue weighted by atomic mass is 35.5. The molecular formula is C26H22ClN3O2. The van der Waals surface area contributed by atoms with Crippen LogP contribution in [0.4, 0.5) is 0 Å². The summed E-state index contributed by atoms with van der Waals surface area (Å²) in [6, 6.07) is 22.9. The lowest BCUT2D eigenvalue weighted by atomic mass is 10.1. The molecule has 4 rings (SSSR count). The summed E-state index contributed by atoms with van der Waals surface area (Å²) < 4.78 is 5.71. The number of carbonyl (C=O) groups is 1. The molecule has 1 amide bonds. The first-order valence-corrected chi connectivity index (χ1v) is 10.6. The van der Waals surface area contributed by atoms with Gasteiger partial charge in [-0.3, -0.25) is 4.79 Å². The van der Waals surface area contributed by atoms with Crippen molar-refractivity contribution in [2.45, 2.75) is 13.3 Å². The van der Waals surface area contributed by atoms with E-state index in [1.54, 1.807) is 36.7 Å². The van der Waals surface area contributed by atoms with Gasteiger partial charge in [0.15, 0.2) is 0 Å². The number of rotatable bonds is 7. The number of carbonyl (C=O) groups excluding carboxylic acids is 1. The normalized spacial score (nSPS) is 10.6. The number of aryl methyl sites for hydroxylation is 1. The number of amides is 1. The van der Waals surface area contributed by atoms with Gasteiger partial charge in [0.2, 0.25) is 0 Å². The predicted octanol–water partition coefficient (Wildman–Crippen LogP) is 5.87. The Kier molecular flexibility index (Phi) is 6.78. The van der Waals surface area contributed by atoms with E-state index in [0.29, 0.717) is 22.9 Å². The summed E-state index contributed by atoms with van der Waals surface area (Å²) in [6.07, 6.45) is 4.20. The molecule has 160 valence electrons. The van der Waals surface area contributed by atoms with E-state index in [9.17, 15) is 4.79 Å². The van der Waals surface area contributed by atoms with E-state index in [1.807, 2.05) is 43.3 Å². The van der Waals surface area contributed by atoms with Crippen LogP contribution in [0.2, 0.25) is 5.02 Å². The van der Waals surface area contributed by atoms with E-state index >= 15 is 0 Å². The number of hydrogen-bond donors (Lipinski definition) is 1. The van der Waals surface area contributed by atoms with Crippen molar-refractivity contribution >= 4 is 17.5 Å². The maximum absolute atomic E-state index is 12.4. The summed E-state index contributed by atoms with van der Waals surface area (Å²) in [4.78, 5) is 20.9. The molecule has 0 aliphatic carbocycles. The molecule has 0 saturated heterocycles. The molecule has 1 heterocycles. The van der Waals surface area contributed by atoms with Gasteiger partial charge < -0.3 is 10.1 Å². The predicted molar refractivity (Wildman–Crippen MR) is 126 cm³/mol. The fourth-order valence-corrected chi connectivity index (χ4v) is 3.24. The van der Waals surface area contributed by atoms with E-state index in [0.717, 1.165) is 23.1 Å². The Morgan fingerprint density at radius 3 is 2.19 bits per heavy atom. The van der Waals surface area contributed by atoms with Crippen LogP contribution in [0.15, 0.2) is 85.2 Å². The fourth-order valence-electron chi connectivity index (χ4n) is 3.12. The molecule has 0 bridgehead atoms. The maximum Gasteiger partial charge on any atom is 0.321 e. The molecular weight excluding hydrogens is 422 g/mol. The van der Waals surface area contributed by atoms with Crippen molar-refractivity contribution in [3.8, 4) is 22.9 Å². The van der Waals surface area contributed by atoms with Crippen LogP contribution in [0.5, 0.6) is 11.8 Å². The molecule has 0 unspecified atom stereocenters. The molecule has 0 radical (unpaired) electrons. The number of nitrogens with one attached hydrogen (secondary N) is 1. The SMILES string of the molecule is Cc1ccc(-c2cnc(Oc3ccc(C(=O)NCCc4ccc(Cl)cc4)cc3)nc2)cc1. The average molecular weight is 444 g/mol. The molecule has 6 heteroatoms. The number of aromatic nitrogens is 2. The lowest BCUT2D eigenvalue weighted by Gasteiger charge is -2.08. The van der Waals surface area contributed by atoms with Crippen LogP contribution in [0.25, 0.3) is 11.1 Å². The van der Waals surface area contributed by atoms with Gasteiger partial charge in [-0.25, -0.2) is 9.97 Å². The third-order valence-electron chi connectivity index (χ3n) is 4.95. The fraction of sp³-hybridized carbons (Fsp3) is 0.115. The van der Waals surface area contributed by atoms with Crippen molar-refractivity contribution < 1.29 is 9.53 Å². The minimum Gasteiger partial charge on any atom is -0.424 e. The van der Waals surface area contributed by atoms with Gasteiger partial charge in [-0.1, -0.05) is 53.6 Å². The largest absolute Gasteiger partial charge is 0.424 e. The number of benzene rings is 3. The van der Waals surface area contributed by atoms with Gasteiger partial charge in [0.05, 0.1) is 0 Å². The smallest absolute Gasteiger partial charge is 0.321 e. The summed E-state index contributed by atoms with van der Waals surface area (Å²) >= 11 is 5.89. The van der Waals surface area contributed by atoms with Crippen LogP contribution < -0.4 is 10.1 Å². The highest BCUT2D eigenvalue weighted by Gasteiger charge is 2.07. The van der Waals surface area contributed by atoms with Gasteiger partial charge in [-0.15, -0.1) is 0 Å². The summed E-state index contributed by atoms with van der Waals surface area (Å²) in [5.41, 5.74) is 4.85. The quantitative estimate of drug-likeness (QED) is 0.388. The molecule has 1 aromatic heterocycles. The maximum atomic E-state index is 12.4. The lowest BCUT2D eigenvalue weighted by Crippen LogP contribution is -2.25. The molecule has 1 N–H and O–H groups in total. The molecule has 5 nitrogen and oxygen atoms in total. The second-order valence-electron chi connectivity index (χ2n) is 7.38. The molecule has 0 aliphatic rings. The van der Waals surface area contributed by atoms with Crippen LogP contribution >= 0.6 is 11.6 Å². The van der Waals surface area contributed by atoms with E-state index in [2.05, 4.69) is 27.4 Å². The first-order valence-electron chi connectivity index (χ1n) is 10.3. The van der Waals surface area contributed by atoms with Crippen LogP contribution in [-0.2, 0) is 6.42 Å². The number of halogens is 1.